The first-order valence-corrected chi connectivity index (χ1v) is 9.99. The minimum absolute atomic E-state index is 0.0502. The maximum absolute atomic E-state index is 12.6. The Bertz CT molecular complexity index is 1030. The lowest BCUT2D eigenvalue weighted by Gasteiger charge is -2.18. The first-order chi connectivity index (χ1) is 14.3. The molecule has 1 heterocycles. The van der Waals surface area contributed by atoms with E-state index in [0.717, 1.165) is 22.8 Å². The van der Waals surface area contributed by atoms with Crippen molar-refractivity contribution in [2.45, 2.75) is 18.8 Å². The van der Waals surface area contributed by atoms with Crippen molar-refractivity contribution >= 4 is 16.7 Å². The fraction of sp³-hybridized carbons (Fsp3) is 0.154. The number of hydrogen-bond acceptors (Lipinski definition) is 2. The summed E-state index contributed by atoms with van der Waals surface area (Å²) in [5, 5.41) is 5.26. The molecule has 0 aliphatic carbocycles. The van der Waals surface area contributed by atoms with E-state index in [0.29, 0.717) is 13.0 Å². The van der Waals surface area contributed by atoms with Crippen molar-refractivity contribution in [3.8, 4) is 0 Å². The topological polar surface area (TPSA) is 42.0 Å². The second kappa shape index (κ2) is 9.16. The van der Waals surface area contributed by atoms with Crippen molar-refractivity contribution in [1.82, 2.24) is 10.3 Å². The van der Waals surface area contributed by atoms with Crippen LogP contribution in [0.15, 0.2) is 97.3 Å². The lowest BCUT2D eigenvalue weighted by molar-refractivity contribution is -0.120. The predicted octanol–water partition coefficient (Wildman–Crippen LogP) is 5.12. The summed E-state index contributed by atoms with van der Waals surface area (Å²) in [6.45, 7) is 0.639. The van der Waals surface area contributed by atoms with Crippen LogP contribution in [-0.4, -0.2) is 17.4 Å². The number of hydrogen-bond donors (Lipinski definition) is 1. The molecule has 29 heavy (non-hydrogen) atoms. The van der Waals surface area contributed by atoms with Crippen molar-refractivity contribution in [2.24, 2.45) is 0 Å². The van der Waals surface area contributed by atoms with E-state index in [2.05, 4.69) is 58.8 Å². The number of pyridine rings is 1. The number of benzene rings is 3. The van der Waals surface area contributed by atoms with E-state index < -0.39 is 0 Å². The molecule has 144 valence electrons. The second-order valence-corrected chi connectivity index (χ2v) is 7.20. The molecule has 0 atom stereocenters. The Balaban J connectivity index is 1.41. The van der Waals surface area contributed by atoms with Gasteiger partial charge in [0.2, 0.25) is 5.91 Å². The van der Waals surface area contributed by atoms with Crippen LogP contribution in [0.5, 0.6) is 0 Å². The molecule has 0 fully saturated rings. The third-order valence-electron chi connectivity index (χ3n) is 5.28. The number of nitrogens with zero attached hydrogens (tertiary/aromatic N) is 1. The molecule has 3 heteroatoms. The number of carbonyl (C=O) groups is 1. The fourth-order valence-corrected chi connectivity index (χ4v) is 3.83. The van der Waals surface area contributed by atoms with Crippen LogP contribution in [0, 0.1) is 0 Å². The van der Waals surface area contributed by atoms with Gasteiger partial charge >= 0.3 is 0 Å². The number of fused-ring (bicyclic) bond motifs is 1. The molecule has 1 N–H and O–H groups in total. The van der Waals surface area contributed by atoms with Crippen LogP contribution in [0.1, 0.15) is 29.0 Å². The Labute approximate surface area is 171 Å². The van der Waals surface area contributed by atoms with Crippen molar-refractivity contribution in [3.63, 3.8) is 0 Å². The van der Waals surface area contributed by atoms with Gasteiger partial charge in [-0.1, -0.05) is 78.9 Å². The summed E-state index contributed by atoms with van der Waals surface area (Å²) in [6, 6.07) is 29.0. The Hall–Kier alpha value is -3.46. The summed E-state index contributed by atoms with van der Waals surface area (Å²) in [7, 11) is 0. The Morgan fingerprint density at radius 3 is 2.21 bits per heavy atom. The monoisotopic (exact) mass is 380 g/mol. The number of aromatic nitrogens is 1. The molecule has 0 aliphatic heterocycles. The zero-order valence-corrected chi connectivity index (χ0v) is 16.3. The molecule has 0 spiro atoms. The number of rotatable bonds is 7. The molecule has 0 bridgehead atoms. The van der Waals surface area contributed by atoms with Gasteiger partial charge in [0, 0.05) is 30.2 Å². The molecule has 0 saturated heterocycles. The molecular weight excluding hydrogens is 356 g/mol. The molecule has 0 radical (unpaired) electrons. The molecular formula is C26H24N2O. The van der Waals surface area contributed by atoms with Gasteiger partial charge in [0.25, 0.3) is 0 Å². The molecule has 4 rings (SSSR count). The standard InChI is InChI=1S/C26H24N2O/c29-26(18-22-12-7-13-23-19-27-16-14-25(22)23)28-17-15-24(20-8-3-1-4-9-20)21-10-5-2-6-11-21/h1-14,16,19,24H,15,17-18H2,(H,28,29). The average Bonchev–Trinajstić information content (AvgIpc) is 2.78. The minimum Gasteiger partial charge on any atom is -0.356 e. The van der Waals surface area contributed by atoms with Crippen molar-refractivity contribution in [3.05, 3.63) is 114 Å². The summed E-state index contributed by atoms with van der Waals surface area (Å²) in [5.41, 5.74) is 3.58. The predicted molar refractivity (Wildman–Crippen MR) is 118 cm³/mol. The highest BCUT2D eigenvalue weighted by atomic mass is 16.1. The maximum Gasteiger partial charge on any atom is 0.224 e. The van der Waals surface area contributed by atoms with Gasteiger partial charge in [-0.25, -0.2) is 0 Å². The van der Waals surface area contributed by atoms with Crippen LogP contribution in [0.25, 0.3) is 10.8 Å². The molecule has 1 amide bonds. The number of carbonyl (C=O) groups excluding carboxylic acids is 1. The normalized spacial score (nSPS) is 10.9. The van der Waals surface area contributed by atoms with Crippen molar-refractivity contribution in [2.75, 3.05) is 6.54 Å². The van der Waals surface area contributed by atoms with E-state index >= 15 is 0 Å². The summed E-state index contributed by atoms with van der Waals surface area (Å²) in [5.74, 6) is 0.315. The molecule has 3 nitrogen and oxygen atoms in total. The lowest BCUT2D eigenvalue weighted by atomic mass is 9.88. The molecule has 3 aromatic carbocycles. The quantitative estimate of drug-likeness (QED) is 0.484. The van der Waals surface area contributed by atoms with Gasteiger partial charge in [0.1, 0.15) is 0 Å². The smallest absolute Gasteiger partial charge is 0.224 e. The third kappa shape index (κ3) is 4.69. The zero-order valence-electron chi connectivity index (χ0n) is 16.3. The van der Waals surface area contributed by atoms with Gasteiger partial charge in [0.05, 0.1) is 6.42 Å². The minimum atomic E-state index is 0.0502. The molecule has 0 saturated carbocycles. The van der Waals surface area contributed by atoms with Crippen LogP contribution < -0.4 is 5.32 Å². The van der Waals surface area contributed by atoms with Crippen molar-refractivity contribution in [1.29, 1.82) is 0 Å². The van der Waals surface area contributed by atoms with Gasteiger partial charge in [-0.3, -0.25) is 9.78 Å². The summed E-state index contributed by atoms with van der Waals surface area (Å²) in [4.78, 5) is 16.7. The Kier molecular flexibility index (Phi) is 5.96. The average molecular weight is 380 g/mol. The molecule has 4 aromatic rings. The first-order valence-electron chi connectivity index (χ1n) is 9.99. The Morgan fingerprint density at radius 1 is 0.828 bits per heavy atom. The molecule has 0 unspecified atom stereocenters. The van der Waals surface area contributed by atoms with Crippen LogP contribution >= 0.6 is 0 Å². The highest BCUT2D eigenvalue weighted by Crippen LogP contribution is 2.27. The first kappa shape index (κ1) is 18.9. The van der Waals surface area contributed by atoms with Crippen molar-refractivity contribution < 1.29 is 4.79 Å². The van der Waals surface area contributed by atoms with Gasteiger partial charge in [-0.2, -0.15) is 0 Å². The molecule has 0 aliphatic rings. The van der Waals surface area contributed by atoms with Crippen LogP contribution in [0.4, 0.5) is 0 Å². The van der Waals surface area contributed by atoms with Gasteiger partial charge in [0.15, 0.2) is 0 Å². The highest BCUT2D eigenvalue weighted by Gasteiger charge is 2.14. The highest BCUT2D eigenvalue weighted by molar-refractivity contribution is 5.89. The maximum atomic E-state index is 12.6. The number of nitrogens with one attached hydrogen (secondary N) is 1. The van der Waals surface area contributed by atoms with E-state index in [9.17, 15) is 4.79 Å². The largest absolute Gasteiger partial charge is 0.356 e. The van der Waals surface area contributed by atoms with Crippen LogP contribution in [-0.2, 0) is 11.2 Å². The Morgan fingerprint density at radius 2 is 1.52 bits per heavy atom. The lowest BCUT2D eigenvalue weighted by Crippen LogP contribution is -2.27. The summed E-state index contributed by atoms with van der Waals surface area (Å²) >= 11 is 0. The van der Waals surface area contributed by atoms with E-state index in [1.165, 1.54) is 11.1 Å². The van der Waals surface area contributed by atoms with E-state index in [-0.39, 0.29) is 11.8 Å². The molecule has 1 aromatic heterocycles. The summed E-state index contributed by atoms with van der Waals surface area (Å²) < 4.78 is 0. The van der Waals surface area contributed by atoms with Gasteiger partial charge in [-0.05, 0) is 34.6 Å². The second-order valence-electron chi connectivity index (χ2n) is 7.20. The van der Waals surface area contributed by atoms with Gasteiger partial charge < -0.3 is 5.32 Å². The van der Waals surface area contributed by atoms with E-state index in [1.54, 1.807) is 6.20 Å². The summed E-state index contributed by atoms with van der Waals surface area (Å²) in [6.07, 6.45) is 4.84. The zero-order chi connectivity index (χ0) is 19.9. The van der Waals surface area contributed by atoms with Crippen LogP contribution in [0.3, 0.4) is 0 Å². The fourth-order valence-electron chi connectivity index (χ4n) is 3.83. The SMILES string of the molecule is O=C(Cc1cccc2cnccc12)NCCC(c1ccccc1)c1ccccc1. The van der Waals surface area contributed by atoms with E-state index in [4.69, 9.17) is 0 Å². The van der Waals surface area contributed by atoms with Gasteiger partial charge in [-0.15, -0.1) is 0 Å². The van der Waals surface area contributed by atoms with E-state index in [1.807, 2.05) is 42.6 Å². The number of amides is 1. The third-order valence-corrected chi connectivity index (χ3v) is 5.28. The van der Waals surface area contributed by atoms with Crippen LogP contribution in [0.2, 0.25) is 0 Å².